The van der Waals surface area contributed by atoms with Crippen molar-refractivity contribution in [3.05, 3.63) is 24.0 Å². The lowest BCUT2D eigenvalue weighted by atomic mass is 9.87. The van der Waals surface area contributed by atoms with E-state index in [1.54, 1.807) is 18.3 Å². The highest BCUT2D eigenvalue weighted by atomic mass is 16.3. The molecule has 1 heterocycles. The van der Waals surface area contributed by atoms with E-state index in [4.69, 9.17) is 5.73 Å². The fraction of sp³-hybridized carbons (Fsp3) is 0.571. The lowest BCUT2D eigenvalue weighted by molar-refractivity contribution is -0.120. The Morgan fingerprint density at radius 2 is 2.32 bits per heavy atom. The van der Waals surface area contributed by atoms with E-state index in [9.17, 15) is 9.90 Å². The first kappa shape index (κ1) is 13.8. The maximum absolute atomic E-state index is 11.8. The zero-order valence-electron chi connectivity index (χ0n) is 11.0. The molecule has 0 spiro atoms. The molecule has 1 aliphatic carbocycles. The fourth-order valence-corrected chi connectivity index (χ4v) is 2.47. The molecule has 2 atom stereocenters. The number of nitrogens with one attached hydrogen (secondary N) is 1. The van der Waals surface area contributed by atoms with Gasteiger partial charge in [-0.3, -0.25) is 9.78 Å². The molecule has 0 aromatic carbocycles. The Labute approximate surface area is 113 Å². The topological polar surface area (TPSA) is 88.2 Å². The molecule has 2 rings (SSSR count). The number of rotatable bonds is 4. The van der Waals surface area contributed by atoms with E-state index in [1.165, 1.54) is 0 Å². The highest BCUT2D eigenvalue weighted by molar-refractivity contribution is 5.78. The van der Waals surface area contributed by atoms with Crippen molar-refractivity contribution in [2.75, 3.05) is 12.3 Å². The molecule has 1 fully saturated rings. The molecule has 0 saturated heterocycles. The number of nitrogens with two attached hydrogens (primary N) is 1. The van der Waals surface area contributed by atoms with E-state index >= 15 is 0 Å². The minimum absolute atomic E-state index is 0.0302. The Balaban J connectivity index is 1.73. The van der Waals surface area contributed by atoms with Crippen molar-refractivity contribution in [1.82, 2.24) is 10.3 Å². The van der Waals surface area contributed by atoms with Gasteiger partial charge in [-0.2, -0.15) is 0 Å². The van der Waals surface area contributed by atoms with Gasteiger partial charge in [0.2, 0.25) is 5.91 Å². The second-order valence-corrected chi connectivity index (χ2v) is 5.25. The van der Waals surface area contributed by atoms with E-state index in [0.717, 1.165) is 31.4 Å². The van der Waals surface area contributed by atoms with Crippen molar-refractivity contribution in [3.63, 3.8) is 0 Å². The molecule has 5 nitrogen and oxygen atoms in total. The SMILES string of the molecule is Nc1ccc(CC(=O)NCC2CCCC(O)C2)nc1. The Hall–Kier alpha value is -1.62. The van der Waals surface area contributed by atoms with E-state index < -0.39 is 0 Å². The molecule has 0 aliphatic heterocycles. The number of aromatic nitrogens is 1. The number of pyridine rings is 1. The number of anilines is 1. The number of amides is 1. The molecule has 1 saturated carbocycles. The fourth-order valence-electron chi connectivity index (χ4n) is 2.47. The van der Waals surface area contributed by atoms with Gasteiger partial charge in [-0.15, -0.1) is 0 Å². The van der Waals surface area contributed by atoms with E-state index in [2.05, 4.69) is 10.3 Å². The van der Waals surface area contributed by atoms with Gasteiger partial charge >= 0.3 is 0 Å². The summed E-state index contributed by atoms with van der Waals surface area (Å²) in [7, 11) is 0. The summed E-state index contributed by atoms with van der Waals surface area (Å²) >= 11 is 0. The standard InChI is InChI=1S/C14H21N3O2/c15-11-4-5-12(16-9-11)7-14(19)17-8-10-2-1-3-13(18)6-10/h4-5,9-10,13,18H,1-3,6-8,15H2,(H,17,19). The highest BCUT2D eigenvalue weighted by Crippen LogP contribution is 2.23. The number of aliphatic hydroxyl groups is 1. The molecule has 0 radical (unpaired) electrons. The van der Waals surface area contributed by atoms with Gasteiger partial charge < -0.3 is 16.2 Å². The molecular weight excluding hydrogens is 242 g/mol. The Kier molecular flexibility index (Phi) is 4.74. The number of carbonyl (C=O) groups is 1. The molecule has 5 heteroatoms. The quantitative estimate of drug-likeness (QED) is 0.752. The van der Waals surface area contributed by atoms with Crippen LogP contribution in [0.15, 0.2) is 18.3 Å². The molecule has 1 aliphatic rings. The molecule has 1 amide bonds. The molecule has 2 unspecified atom stereocenters. The largest absolute Gasteiger partial charge is 0.397 e. The van der Waals surface area contributed by atoms with Crippen LogP contribution in [-0.4, -0.2) is 28.6 Å². The summed E-state index contributed by atoms with van der Waals surface area (Å²) in [6.45, 7) is 0.644. The molecule has 19 heavy (non-hydrogen) atoms. The third-order valence-electron chi connectivity index (χ3n) is 3.53. The number of nitrogen functional groups attached to an aromatic ring is 1. The van der Waals surface area contributed by atoms with E-state index in [-0.39, 0.29) is 18.4 Å². The van der Waals surface area contributed by atoms with Gasteiger partial charge in [-0.1, -0.05) is 6.42 Å². The lowest BCUT2D eigenvalue weighted by Crippen LogP contribution is -2.33. The zero-order valence-corrected chi connectivity index (χ0v) is 11.0. The number of nitrogens with zero attached hydrogens (tertiary/aromatic N) is 1. The highest BCUT2D eigenvalue weighted by Gasteiger charge is 2.20. The van der Waals surface area contributed by atoms with Crippen LogP contribution in [0.4, 0.5) is 5.69 Å². The van der Waals surface area contributed by atoms with Gasteiger partial charge in [0.15, 0.2) is 0 Å². The summed E-state index contributed by atoms with van der Waals surface area (Å²) in [5.74, 6) is 0.365. The molecule has 0 bridgehead atoms. The number of aliphatic hydroxyl groups excluding tert-OH is 1. The average molecular weight is 263 g/mol. The monoisotopic (exact) mass is 263 g/mol. The van der Waals surface area contributed by atoms with Crippen LogP contribution in [-0.2, 0) is 11.2 Å². The number of carbonyl (C=O) groups excluding carboxylic acids is 1. The maximum Gasteiger partial charge on any atom is 0.226 e. The van der Waals surface area contributed by atoms with Gasteiger partial charge in [0.05, 0.1) is 24.4 Å². The predicted octanol–water partition coefficient (Wildman–Crippen LogP) is 0.874. The Bertz CT molecular complexity index is 419. The Morgan fingerprint density at radius 1 is 1.47 bits per heavy atom. The van der Waals surface area contributed by atoms with E-state index in [1.807, 2.05) is 0 Å². The van der Waals surface area contributed by atoms with Gasteiger partial charge in [-0.25, -0.2) is 0 Å². The van der Waals surface area contributed by atoms with Crippen LogP contribution in [0.1, 0.15) is 31.4 Å². The molecular formula is C14H21N3O2. The molecule has 1 aromatic heterocycles. The Morgan fingerprint density at radius 3 is 3.00 bits per heavy atom. The van der Waals surface area contributed by atoms with Crippen molar-refractivity contribution in [1.29, 1.82) is 0 Å². The summed E-state index contributed by atoms with van der Waals surface area (Å²) in [5.41, 5.74) is 6.86. The van der Waals surface area contributed by atoms with Gasteiger partial charge in [0, 0.05) is 12.2 Å². The summed E-state index contributed by atoms with van der Waals surface area (Å²) in [6, 6.07) is 3.51. The van der Waals surface area contributed by atoms with Crippen LogP contribution in [0.5, 0.6) is 0 Å². The summed E-state index contributed by atoms with van der Waals surface area (Å²) in [5, 5.41) is 12.5. The molecule has 104 valence electrons. The van der Waals surface area contributed by atoms with Gasteiger partial charge in [-0.05, 0) is 37.3 Å². The average Bonchev–Trinajstić information content (AvgIpc) is 2.39. The first-order chi connectivity index (χ1) is 9.13. The predicted molar refractivity (Wildman–Crippen MR) is 73.3 cm³/mol. The van der Waals surface area contributed by atoms with Crippen LogP contribution in [0.3, 0.4) is 0 Å². The van der Waals surface area contributed by atoms with Crippen molar-refractivity contribution in [3.8, 4) is 0 Å². The van der Waals surface area contributed by atoms with Crippen LogP contribution >= 0.6 is 0 Å². The first-order valence-electron chi connectivity index (χ1n) is 6.78. The van der Waals surface area contributed by atoms with Crippen LogP contribution < -0.4 is 11.1 Å². The summed E-state index contributed by atoms with van der Waals surface area (Å²) in [6.07, 6.45) is 5.43. The van der Waals surface area contributed by atoms with Gasteiger partial charge in [0.25, 0.3) is 0 Å². The van der Waals surface area contributed by atoms with Gasteiger partial charge in [0.1, 0.15) is 0 Å². The smallest absolute Gasteiger partial charge is 0.226 e. The number of hydrogen-bond donors (Lipinski definition) is 3. The van der Waals surface area contributed by atoms with E-state index in [0.29, 0.717) is 18.2 Å². The van der Waals surface area contributed by atoms with Crippen molar-refractivity contribution in [2.45, 2.75) is 38.2 Å². The second kappa shape index (κ2) is 6.52. The minimum atomic E-state index is -0.200. The summed E-state index contributed by atoms with van der Waals surface area (Å²) < 4.78 is 0. The van der Waals surface area contributed by atoms with Crippen LogP contribution in [0.25, 0.3) is 0 Å². The van der Waals surface area contributed by atoms with Crippen LogP contribution in [0.2, 0.25) is 0 Å². The third kappa shape index (κ3) is 4.52. The zero-order chi connectivity index (χ0) is 13.7. The molecule has 4 N–H and O–H groups in total. The maximum atomic E-state index is 11.8. The third-order valence-corrected chi connectivity index (χ3v) is 3.53. The van der Waals surface area contributed by atoms with Crippen molar-refractivity contribution < 1.29 is 9.90 Å². The minimum Gasteiger partial charge on any atom is -0.397 e. The normalized spacial score (nSPS) is 23.0. The lowest BCUT2D eigenvalue weighted by Gasteiger charge is -2.25. The first-order valence-corrected chi connectivity index (χ1v) is 6.78. The number of hydrogen-bond acceptors (Lipinski definition) is 4. The second-order valence-electron chi connectivity index (χ2n) is 5.25. The van der Waals surface area contributed by atoms with Crippen LogP contribution in [0, 0.1) is 5.92 Å². The van der Waals surface area contributed by atoms with Crippen molar-refractivity contribution in [2.24, 2.45) is 5.92 Å². The summed E-state index contributed by atoms with van der Waals surface area (Å²) in [4.78, 5) is 15.9. The van der Waals surface area contributed by atoms with Crippen molar-refractivity contribution >= 4 is 11.6 Å². The molecule has 1 aromatic rings.